The first-order valence-electron chi connectivity index (χ1n) is 5.74. The maximum atomic E-state index is 13.2. The van der Waals surface area contributed by atoms with E-state index in [9.17, 15) is 79.0 Å². The molecule has 0 aromatic heterocycles. The Balaban J connectivity index is 6.93. The van der Waals surface area contributed by atoms with Crippen LogP contribution in [0.3, 0.4) is 0 Å². The van der Waals surface area contributed by atoms with E-state index in [1.54, 1.807) is 0 Å². The minimum Gasteiger partial charge on any atom is -0.381 e. The molecule has 1 N–H and O–H groups in total. The Morgan fingerprint density at radius 1 is 0.357 bits per heavy atom. The molecule has 0 unspecified atom stereocenters. The summed E-state index contributed by atoms with van der Waals surface area (Å²) in [5, 5.41) is 8.25. The highest BCUT2D eigenvalue weighted by molar-refractivity contribution is 5.17. The van der Waals surface area contributed by atoms with Gasteiger partial charge in [0.1, 0.15) is 0 Å². The molecule has 0 atom stereocenters. The largest absolute Gasteiger partial charge is 0.437 e. The van der Waals surface area contributed by atoms with E-state index in [-0.39, 0.29) is 0 Å². The zero-order valence-electron chi connectivity index (χ0n) is 11.8. The van der Waals surface area contributed by atoms with Gasteiger partial charge in [-0.05, 0) is 0 Å². The van der Waals surface area contributed by atoms with E-state index >= 15 is 0 Å². The maximum Gasteiger partial charge on any atom is 0.437 e. The van der Waals surface area contributed by atoms with Gasteiger partial charge in [0.15, 0.2) is 6.10 Å². The molecule has 0 amide bonds. The lowest BCUT2D eigenvalue weighted by molar-refractivity contribution is -0.446. The lowest BCUT2D eigenvalue weighted by atomic mass is 9.82. The van der Waals surface area contributed by atoms with Crippen LogP contribution in [0, 0.1) is 0 Å². The highest BCUT2D eigenvalue weighted by Crippen LogP contribution is 2.62. The number of alkyl halides is 18. The number of halogens is 18. The second kappa shape index (κ2) is 6.35. The molecule has 0 aliphatic heterocycles. The Kier molecular flexibility index (Phi) is 6.05. The van der Waals surface area contributed by atoms with Crippen molar-refractivity contribution in [2.45, 2.75) is 54.0 Å². The molecule has 170 valence electrons. The van der Waals surface area contributed by atoms with Crippen molar-refractivity contribution in [3.63, 3.8) is 0 Å². The van der Waals surface area contributed by atoms with Crippen LogP contribution in [0.25, 0.3) is 0 Å². The van der Waals surface area contributed by atoms with Crippen LogP contribution < -0.4 is 0 Å². The lowest BCUT2D eigenvalue weighted by Gasteiger charge is -2.44. The molecular formula is C9H2F18O. The molecule has 19 heteroatoms. The van der Waals surface area contributed by atoms with Crippen LogP contribution >= 0.6 is 0 Å². The van der Waals surface area contributed by atoms with Crippen LogP contribution in [0.4, 0.5) is 79.0 Å². The first kappa shape index (κ1) is 26.7. The van der Waals surface area contributed by atoms with Crippen molar-refractivity contribution in [1.29, 1.82) is 0 Å². The fourth-order valence-corrected chi connectivity index (χ4v) is 1.68. The van der Waals surface area contributed by atoms with E-state index in [0.717, 1.165) is 0 Å². The topological polar surface area (TPSA) is 20.2 Å². The van der Waals surface area contributed by atoms with E-state index < -0.39 is 54.0 Å². The molecule has 0 rings (SSSR count). The molecule has 0 saturated carbocycles. The summed E-state index contributed by atoms with van der Waals surface area (Å²) in [7, 11) is 0. The average Bonchev–Trinajstić information content (AvgIpc) is 2.39. The molecule has 0 aliphatic carbocycles. The van der Waals surface area contributed by atoms with Gasteiger partial charge < -0.3 is 5.11 Å². The molecule has 0 aromatic rings. The number of hydrogen-bond donors (Lipinski definition) is 1. The van der Waals surface area contributed by atoms with Crippen LogP contribution in [0.2, 0.25) is 0 Å². The van der Waals surface area contributed by atoms with E-state index in [0.29, 0.717) is 0 Å². The van der Waals surface area contributed by atoms with Crippen molar-refractivity contribution in [3.05, 3.63) is 0 Å². The average molecular weight is 468 g/mol. The van der Waals surface area contributed by atoms with Crippen molar-refractivity contribution < 1.29 is 84.1 Å². The maximum absolute atomic E-state index is 13.2. The second-order valence-electron chi connectivity index (χ2n) is 4.96. The van der Waals surface area contributed by atoms with E-state index in [1.807, 2.05) is 0 Å². The predicted octanol–water partition coefficient (Wildman–Crippen LogP) is 5.28. The Labute approximate surface area is 139 Å². The van der Waals surface area contributed by atoms with E-state index in [2.05, 4.69) is 0 Å². The van der Waals surface area contributed by atoms with Crippen LogP contribution in [-0.4, -0.2) is 59.1 Å². The van der Waals surface area contributed by atoms with Crippen LogP contribution in [0.1, 0.15) is 0 Å². The van der Waals surface area contributed by atoms with Crippen molar-refractivity contribution in [2.75, 3.05) is 0 Å². The van der Waals surface area contributed by atoms with Gasteiger partial charge in [-0.2, -0.15) is 70.2 Å². The Hall–Kier alpha value is -1.30. The first-order chi connectivity index (χ1) is 11.7. The summed E-state index contributed by atoms with van der Waals surface area (Å²) in [6.45, 7) is 0. The predicted molar refractivity (Wildman–Crippen MR) is 47.8 cm³/mol. The zero-order chi connectivity index (χ0) is 23.6. The van der Waals surface area contributed by atoms with Gasteiger partial charge in [-0.25, -0.2) is 8.78 Å². The molecule has 0 spiro atoms. The molecule has 0 saturated heterocycles. The fraction of sp³-hybridized carbons (Fsp3) is 1.00. The molecule has 0 bridgehead atoms. The van der Waals surface area contributed by atoms with Gasteiger partial charge in [0.25, 0.3) is 0 Å². The lowest BCUT2D eigenvalue weighted by Crippen LogP contribution is -2.76. The molecule has 0 aliphatic rings. The summed E-state index contributed by atoms with van der Waals surface area (Å²) in [5.41, 5.74) is -16.6. The summed E-state index contributed by atoms with van der Waals surface area (Å²) < 4.78 is 225. The molecule has 0 heterocycles. The van der Waals surface area contributed by atoms with E-state index in [4.69, 9.17) is 5.11 Å². The molecular weight excluding hydrogens is 466 g/mol. The monoisotopic (exact) mass is 468 g/mol. The summed E-state index contributed by atoms with van der Waals surface area (Å²) >= 11 is 0. The smallest absolute Gasteiger partial charge is 0.381 e. The Morgan fingerprint density at radius 2 is 0.500 bits per heavy atom. The quantitative estimate of drug-likeness (QED) is 0.557. The fourth-order valence-electron chi connectivity index (χ4n) is 1.68. The zero-order valence-corrected chi connectivity index (χ0v) is 11.8. The van der Waals surface area contributed by atoms with Crippen LogP contribution in [-0.2, 0) is 0 Å². The molecule has 1 nitrogen and oxygen atoms in total. The summed E-state index contributed by atoms with van der Waals surface area (Å²) in [6, 6.07) is 0. The van der Waals surface area contributed by atoms with Crippen molar-refractivity contribution >= 4 is 0 Å². The van der Waals surface area contributed by atoms with Gasteiger partial charge in [0, 0.05) is 0 Å². The third kappa shape index (κ3) is 3.31. The first-order valence-corrected chi connectivity index (χ1v) is 5.74. The molecule has 28 heavy (non-hydrogen) atoms. The van der Waals surface area contributed by atoms with Gasteiger partial charge in [-0.15, -0.1) is 0 Å². The molecule has 0 radical (unpaired) electrons. The summed E-state index contributed by atoms with van der Waals surface area (Å²) in [5.74, 6) is -16.4. The van der Waals surface area contributed by atoms with Gasteiger partial charge >= 0.3 is 47.9 Å². The van der Waals surface area contributed by atoms with Gasteiger partial charge in [0.05, 0.1) is 0 Å². The van der Waals surface area contributed by atoms with Crippen molar-refractivity contribution in [2.24, 2.45) is 0 Å². The van der Waals surface area contributed by atoms with Crippen molar-refractivity contribution in [1.82, 2.24) is 0 Å². The number of aliphatic hydroxyl groups excluding tert-OH is 1. The number of hydrogen-bond acceptors (Lipinski definition) is 1. The van der Waals surface area contributed by atoms with Crippen LogP contribution in [0.15, 0.2) is 0 Å². The van der Waals surface area contributed by atoms with Gasteiger partial charge in [0.2, 0.25) is 0 Å². The second-order valence-corrected chi connectivity index (χ2v) is 4.96. The highest BCUT2D eigenvalue weighted by Gasteiger charge is 2.93. The normalized spacial score (nSPS) is 16.7. The van der Waals surface area contributed by atoms with E-state index in [1.165, 1.54) is 0 Å². The highest BCUT2D eigenvalue weighted by atomic mass is 19.4. The third-order valence-electron chi connectivity index (χ3n) is 3.17. The minimum atomic E-state index is -8.30. The minimum absolute atomic E-state index is 6.75. The Morgan fingerprint density at radius 3 is 0.607 bits per heavy atom. The Bertz CT molecular complexity index is 482. The van der Waals surface area contributed by atoms with Gasteiger partial charge in [-0.1, -0.05) is 0 Å². The van der Waals surface area contributed by atoms with Gasteiger partial charge in [-0.3, -0.25) is 0 Å². The standard InChI is InChI=1S/C9H2F18O/c10-2(11,4(14,6(16,17)18)7(19,20)21)1(28)3(12,13)5(15,8(22,23)24)9(25,26)27/h1,28H. The number of rotatable bonds is 4. The molecule has 0 aromatic carbocycles. The SMILES string of the molecule is OC(C(F)(F)C(F)(C(F)(F)F)C(F)(F)F)C(F)(F)C(F)(C(F)(F)F)C(F)(F)F. The number of aliphatic hydroxyl groups is 1. The third-order valence-corrected chi connectivity index (χ3v) is 3.17. The van der Waals surface area contributed by atoms with Crippen molar-refractivity contribution in [3.8, 4) is 0 Å². The molecule has 0 fully saturated rings. The summed E-state index contributed by atoms with van der Waals surface area (Å²) in [4.78, 5) is 0. The van der Waals surface area contributed by atoms with Crippen LogP contribution in [0.5, 0.6) is 0 Å². The summed E-state index contributed by atoms with van der Waals surface area (Å²) in [6.07, 6.45) is -38.8.